The second-order valence-corrected chi connectivity index (χ2v) is 5.76. The van der Waals surface area contributed by atoms with Gasteiger partial charge < -0.3 is 4.90 Å². The van der Waals surface area contributed by atoms with Crippen LogP contribution >= 0.6 is 15.9 Å². The van der Waals surface area contributed by atoms with Gasteiger partial charge in [-0.3, -0.25) is 14.3 Å². The van der Waals surface area contributed by atoms with E-state index in [0.29, 0.717) is 25.3 Å². The first-order chi connectivity index (χ1) is 10.1. The van der Waals surface area contributed by atoms with E-state index in [0.717, 1.165) is 30.5 Å². The Kier molecular flexibility index (Phi) is 7.66. The minimum absolute atomic E-state index is 0.0610. The number of carbonyl (C=O) groups excluding carboxylic acids is 2. The number of Topliss-reactive ketones (excluding diaryl/α,β-unsaturated/α-hetero) is 1. The van der Waals surface area contributed by atoms with Crippen LogP contribution < -0.4 is 0 Å². The van der Waals surface area contributed by atoms with Crippen molar-refractivity contribution in [1.82, 2.24) is 14.7 Å². The number of alkyl halides is 1. The summed E-state index contributed by atoms with van der Waals surface area (Å²) >= 11 is 5.41. The number of aromatic nitrogens is 2. The summed E-state index contributed by atoms with van der Waals surface area (Å²) in [4.78, 5) is 24.9. The molecule has 0 saturated carbocycles. The molecule has 1 unspecified atom stereocenters. The Morgan fingerprint density at radius 2 is 2.14 bits per heavy atom. The predicted octanol–water partition coefficient (Wildman–Crippen LogP) is 1.98. The van der Waals surface area contributed by atoms with Gasteiger partial charge >= 0.3 is 22.3 Å². The number of hydrogen-bond acceptors (Lipinski definition) is 3. The predicted molar refractivity (Wildman–Crippen MR) is 87.0 cm³/mol. The topological polar surface area (TPSA) is 55.2 Å². The van der Waals surface area contributed by atoms with Crippen molar-refractivity contribution in [3.63, 3.8) is 0 Å². The van der Waals surface area contributed by atoms with E-state index in [2.05, 4.69) is 21.0 Å². The van der Waals surface area contributed by atoms with Crippen LogP contribution in [0.5, 0.6) is 0 Å². The summed E-state index contributed by atoms with van der Waals surface area (Å²) in [6, 6.07) is 0. The van der Waals surface area contributed by atoms with Gasteiger partial charge in [0, 0.05) is 31.6 Å². The van der Waals surface area contributed by atoms with Gasteiger partial charge in [0.2, 0.25) is 6.41 Å². The summed E-state index contributed by atoms with van der Waals surface area (Å²) < 4.78 is 1.77. The normalized spacial score (nSPS) is 14.8. The van der Waals surface area contributed by atoms with E-state index >= 15 is 0 Å². The molecule has 2 rings (SSSR count). The van der Waals surface area contributed by atoms with Gasteiger partial charge in [0.25, 0.3) is 0 Å². The maximum absolute atomic E-state index is 12.5. The second kappa shape index (κ2) is 8.73. The molecule has 0 bridgehead atoms. The summed E-state index contributed by atoms with van der Waals surface area (Å²) in [6.07, 6.45) is 2.30. The maximum atomic E-state index is 12.5. The van der Waals surface area contributed by atoms with Gasteiger partial charge in [-0.25, -0.2) is 0 Å². The van der Waals surface area contributed by atoms with Crippen LogP contribution in [0.4, 0.5) is 0 Å². The monoisotopic (exact) mass is 416 g/mol. The standard InChI is InChI=1S/C13H18BrN3O2.CH3Ge/c1-3-10(14)13(19)12-9-7-16(8-18)6-5-11(9)15-17(12)4-2;1-2/h8,10H,3-7H2,1-2H3;1H3. The second-order valence-electron chi connectivity index (χ2n) is 4.66. The van der Waals surface area contributed by atoms with Gasteiger partial charge in [0.1, 0.15) is 5.69 Å². The molecule has 0 N–H and O–H groups in total. The number of amides is 1. The number of halogens is 1. The zero-order valence-electron chi connectivity index (χ0n) is 12.7. The number of ketones is 1. The van der Waals surface area contributed by atoms with E-state index in [-0.39, 0.29) is 10.6 Å². The van der Waals surface area contributed by atoms with Crippen LogP contribution in [0.15, 0.2) is 0 Å². The molecule has 1 amide bonds. The Morgan fingerprint density at radius 1 is 1.48 bits per heavy atom. The average Bonchev–Trinajstić information content (AvgIpc) is 2.92. The molecule has 1 atom stereocenters. The van der Waals surface area contributed by atoms with Crippen molar-refractivity contribution in [2.24, 2.45) is 0 Å². The SMILES string of the molecule is CCC(Br)C(=O)c1c2c(nn1CC)CCN(C=O)C2.[CH3][Ge]. The Bertz CT molecular complexity index is 505. The molecule has 0 aliphatic carbocycles. The molecule has 0 fully saturated rings. The molecule has 115 valence electrons. The zero-order chi connectivity index (χ0) is 16.0. The number of fused-ring (bicyclic) bond motifs is 1. The van der Waals surface area contributed by atoms with E-state index in [4.69, 9.17) is 0 Å². The number of aryl methyl sites for hydroxylation is 1. The molecule has 5 nitrogen and oxygen atoms in total. The van der Waals surface area contributed by atoms with Crippen LogP contribution in [-0.4, -0.2) is 54.8 Å². The summed E-state index contributed by atoms with van der Waals surface area (Å²) in [5.41, 5.74) is 2.54. The van der Waals surface area contributed by atoms with Crippen molar-refractivity contribution < 1.29 is 9.59 Å². The molecule has 3 radical (unpaired) electrons. The average molecular weight is 416 g/mol. The van der Waals surface area contributed by atoms with Crippen LogP contribution in [0.3, 0.4) is 0 Å². The number of hydrogen-bond donors (Lipinski definition) is 0. The molecular formula is C14H21BrGeN3O2. The molecule has 2 heterocycles. The molecule has 0 spiro atoms. The fourth-order valence-corrected chi connectivity index (χ4v) is 2.59. The van der Waals surface area contributed by atoms with E-state index in [9.17, 15) is 9.59 Å². The Morgan fingerprint density at radius 3 is 2.67 bits per heavy atom. The van der Waals surface area contributed by atoms with E-state index < -0.39 is 0 Å². The van der Waals surface area contributed by atoms with Crippen molar-refractivity contribution in [3.05, 3.63) is 17.0 Å². The van der Waals surface area contributed by atoms with Gasteiger partial charge in [0.15, 0.2) is 5.78 Å². The number of nitrogens with zero attached hydrogens (tertiary/aromatic N) is 3. The third-order valence-corrected chi connectivity index (χ3v) is 4.52. The fraction of sp³-hybridized carbons (Fsp3) is 0.643. The van der Waals surface area contributed by atoms with Crippen LogP contribution in [0.1, 0.15) is 42.0 Å². The fourth-order valence-electron chi connectivity index (χ4n) is 2.38. The molecule has 1 aliphatic heterocycles. The third-order valence-electron chi connectivity index (χ3n) is 3.46. The molecule has 1 aromatic heterocycles. The number of carbonyl (C=O) groups is 2. The minimum atomic E-state index is -0.190. The van der Waals surface area contributed by atoms with E-state index in [1.54, 1.807) is 9.58 Å². The molecule has 7 heteroatoms. The summed E-state index contributed by atoms with van der Waals surface area (Å²) in [5.74, 6) is 2.06. The van der Waals surface area contributed by atoms with Crippen LogP contribution in [0.25, 0.3) is 0 Å². The zero-order valence-corrected chi connectivity index (χ0v) is 16.4. The van der Waals surface area contributed by atoms with E-state index in [1.807, 2.05) is 36.1 Å². The van der Waals surface area contributed by atoms with Crippen molar-refractivity contribution in [2.45, 2.75) is 50.4 Å². The van der Waals surface area contributed by atoms with Crippen LogP contribution in [0.2, 0.25) is 5.76 Å². The first-order valence-corrected chi connectivity index (χ1v) is 10.1. The molecule has 1 aromatic rings. The third kappa shape index (κ3) is 3.97. The van der Waals surface area contributed by atoms with Crippen LogP contribution in [-0.2, 0) is 24.3 Å². The first kappa shape index (κ1) is 18.4. The molecular weight excluding hydrogens is 395 g/mol. The Labute approximate surface area is 142 Å². The molecule has 0 saturated heterocycles. The number of rotatable bonds is 5. The molecule has 0 aromatic carbocycles. The van der Waals surface area contributed by atoms with Crippen molar-refractivity contribution in [3.8, 4) is 0 Å². The molecule has 21 heavy (non-hydrogen) atoms. The van der Waals surface area contributed by atoms with Gasteiger partial charge in [-0.15, -0.1) is 0 Å². The molecule has 1 aliphatic rings. The summed E-state index contributed by atoms with van der Waals surface area (Å²) in [6.45, 7) is 5.77. The summed E-state index contributed by atoms with van der Waals surface area (Å²) in [7, 11) is 0. The van der Waals surface area contributed by atoms with E-state index in [1.165, 1.54) is 0 Å². The van der Waals surface area contributed by atoms with Crippen LogP contribution in [0, 0.1) is 0 Å². The first-order valence-electron chi connectivity index (χ1n) is 7.08. The van der Waals surface area contributed by atoms with Gasteiger partial charge in [0.05, 0.1) is 10.5 Å². The Balaban J connectivity index is 0.00000106. The van der Waals surface area contributed by atoms with Gasteiger partial charge in [-0.2, -0.15) is 5.10 Å². The van der Waals surface area contributed by atoms with Crippen molar-refractivity contribution in [1.29, 1.82) is 0 Å². The quantitative estimate of drug-likeness (QED) is 0.320. The van der Waals surface area contributed by atoms with Gasteiger partial charge in [-0.1, -0.05) is 22.9 Å². The summed E-state index contributed by atoms with van der Waals surface area (Å²) in [5, 5.41) is 4.51. The Hall–Kier alpha value is -0.627. The van der Waals surface area contributed by atoms with Crippen molar-refractivity contribution >= 4 is 44.6 Å². The van der Waals surface area contributed by atoms with Crippen molar-refractivity contribution in [2.75, 3.05) is 6.54 Å². The van der Waals surface area contributed by atoms with Gasteiger partial charge in [-0.05, 0) is 13.3 Å².